The van der Waals surface area contributed by atoms with Gasteiger partial charge in [0.1, 0.15) is 0 Å². The summed E-state index contributed by atoms with van der Waals surface area (Å²) in [7, 11) is 0. The molecule has 0 aliphatic heterocycles. The Kier molecular flexibility index (Phi) is 8.72. The molecule has 4 heteroatoms. The van der Waals surface area contributed by atoms with Gasteiger partial charge in [0.15, 0.2) is 17.5 Å². The Balaban J connectivity index is 1.07. The van der Waals surface area contributed by atoms with E-state index in [-0.39, 0.29) is 0 Å². The standard InChI is InChI=1S/C58H39N3S/c1-4-17-38(18-5-1)39-33-35-40(36-34-39)55-59-56(42-20-14-19-41(37-42)45-27-15-28-47-46-25-11-13-32-52(46)62-54(45)47)61-57(60-55)49-29-16-31-51-53(49)48-26-10-12-30-50(48)58(51,43-21-6-2-7-22-43)44-23-8-3-9-24-44/h1-9,11-25,27-37H,10,26H2. The number of fused-ring (bicyclic) bond motifs is 5. The van der Waals surface area contributed by atoms with Gasteiger partial charge in [0.2, 0.25) is 0 Å². The topological polar surface area (TPSA) is 38.7 Å². The summed E-state index contributed by atoms with van der Waals surface area (Å²) in [5, 5.41) is 2.57. The molecule has 0 amide bonds. The Bertz CT molecular complexity index is 3340. The van der Waals surface area contributed by atoms with Crippen molar-refractivity contribution in [3.05, 3.63) is 240 Å². The van der Waals surface area contributed by atoms with Gasteiger partial charge in [-0.25, -0.2) is 15.0 Å². The average Bonchev–Trinajstić information content (AvgIpc) is 3.89. The minimum atomic E-state index is -0.492. The minimum absolute atomic E-state index is 0.492. The summed E-state index contributed by atoms with van der Waals surface area (Å²) in [5.74, 6) is 1.96. The van der Waals surface area contributed by atoms with E-state index >= 15 is 0 Å². The normalized spacial score (nSPS) is 14.0. The van der Waals surface area contributed by atoms with Gasteiger partial charge in [0.25, 0.3) is 0 Å². The number of rotatable bonds is 7. The van der Waals surface area contributed by atoms with E-state index in [9.17, 15) is 0 Å². The lowest BCUT2D eigenvalue weighted by Gasteiger charge is -2.35. The molecule has 0 N–H and O–H groups in total. The summed E-state index contributed by atoms with van der Waals surface area (Å²) in [4.78, 5) is 16.1. The molecule has 0 saturated carbocycles. The van der Waals surface area contributed by atoms with Crippen molar-refractivity contribution in [2.45, 2.75) is 18.3 Å². The molecule has 0 spiro atoms. The van der Waals surface area contributed by atoms with Crippen molar-refractivity contribution in [3.8, 4) is 56.4 Å². The third-order valence-electron chi connectivity index (χ3n) is 12.7. The molecule has 10 aromatic rings. The average molecular weight is 810 g/mol. The van der Waals surface area contributed by atoms with Crippen LogP contribution in [0.5, 0.6) is 0 Å². The van der Waals surface area contributed by atoms with E-state index in [1.165, 1.54) is 64.7 Å². The van der Waals surface area contributed by atoms with Gasteiger partial charge < -0.3 is 0 Å². The number of hydrogen-bond donors (Lipinski definition) is 0. The smallest absolute Gasteiger partial charge is 0.164 e. The maximum absolute atomic E-state index is 5.44. The molecule has 2 aromatic heterocycles. The van der Waals surface area contributed by atoms with Crippen molar-refractivity contribution in [1.82, 2.24) is 15.0 Å². The van der Waals surface area contributed by atoms with Gasteiger partial charge in [0, 0.05) is 36.9 Å². The first-order valence-electron chi connectivity index (χ1n) is 21.3. The molecule has 8 aromatic carbocycles. The van der Waals surface area contributed by atoms with Crippen molar-refractivity contribution in [2.75, 3.05) is 0 Å². The van der Waals surface area contributed by atoms with Crippen molar-refractivity contribution in [2.24, 2.45) is 0 Å². The lowest BCUT2D eigenvalue weighted by atomic mass is 9.66. The van der Waals surface area contributed by atoms with Gasteiger partial charge in [-0.05, 0) is 80.6 Å². The Labute approximate surface area is 365 Å². The largest absolute Gasteiger partial charge is 0.208 e. The highest BCUT2D eigenvalue weighted by molar-refractivity contribution is 7.26. The molecular formula is C58H39N3S. The first kappa shape index (κ1) is 36.3. The molecule has 0 bridgehead atoms. The van der Waals surface area contributed by atoms with E-state index in [0.717, 1.165) is 40.7 Å². The van der Waals surface area contributed by atoms with Crippen LogP contribution >= 0.6 is 11.3 Å². The Morgan fingerprint density at radius 3 is 1.77 bits per heavy atom. The highest BCUT2D eigenvalue weighted by Gasteiger charge is 2.48. The van der Waals surface area contributed by atoms with E-state index in [1.54, 1.807) is 0 Å². The van der Waals surface area contributed by atoms with Crippen LogP contribution in [0.2, 0.25) is 0 Å². The summed E-state index contributed by atoms with van der Waals surface area (Å²) < 4.78 is 2.58. The molecule has 2 heterocycles. The Morgan fingerprint density at radius 2 is 1.00 bits per heavy atom. The van der Waals surface area contributed by atoms with Crippen LogP contribution in [0.3, 0.4) is 0 Å². The number of hydrogen-bond acceptors (Lipinski definition) is 4. The number of allylic oxidation sites excluding steroid dienone is 4. The third kappa shape index (κ3) is 5.83. The molecule has 0 fully saturated rings. The van der Waals surface area contributed by atoms with Gasteiger partial charge >= 0.3 is 0 Å². The van der Waals surface area contributed by atoms with Crippen molar-refractivity contribution in [3.63, 3.8) is 0 Å². The quantitative estimate of drug-likeness (QED) is 0.161. The SMILES string of the molecule is C1=CC2=C(CC1)c1c(-c3nc(-c4ccc(-c5ccccc5)cc4)nc(-c4cccc(-c5cccc6c5sc5ccccc56)c4)n3)cccc1C2(c1ccccc1)c1ccccc1. The van der Waals surface area contributed by atoms with E-state index < -0.39 is 5.41 Å². The molecule has 2 aliphatic carbocycles. The number of aromatic nitrogens is 3. The van der Waals surface area contributed by atoms with E-state index in [2.05, 4.69) is 212 Å². The third-order valence-corrected chi connectivity index (χ3v) is 13.9. The molecule has 292 valence electrons. The Morgan fingerprint density at radius 1 is 0.435 bits per heavy atom. The lowest BCUT2D eigenvalue weighted by Crippen LogP contribution is -2.29. The first-order valence-corrected chi connectivity index (χ1v) is 22.1. The molecule has 2 aliphatic rings. The summed E-state index contributed by atoms with van der Waals surface area (Å²) in [6.45, 7) is 0. The fraction of sp³-hybridized carbons (Fsp3) is 0.0517. The number of nitrogens with zero attached hydrogens (tertiary/aromatic N) is 3. The van der Waals surface area contributed by atoms with Crippen LogP contribution in [-0.4, -0.2) is 15.0 Å². The summed E-state index contributed by atoms with van der Waals surface area (Å²) in [6.07, 6.45) is 6.64. The van der Waals surface area contributed by atoms with Crippen LogP contribution in [0.1, 0.15) is 35.1 Å². The van der Waals surface area contributed by atoms with E-state index in [0.29, 0.717) is 17.5 Å². The van der Waals surface area contributed by atoms with Crippen molar-refractivity contribution < 1.29 is 0 Å². The number of benzene rings is 8. The highest BCUT2D eigenvalue weighted by atomic mass is 32.1. The molecule has 0 saturated heterocycles. The Hall–Kier alpha value is -7.53. The van der Waals surface area contributed by atoms with Crippen molar-refractivity contribution in [1.29, 1.82) is 0 Å². The second-order valence-electron chi connectivity index (χ2n) is 16.2. The fourth-order valence-corrected chi connectivity index (χ4v) is 11.2. The van der Waals surface area contributed by atoms with Crippen LogP contribution in [0, 0.1) is 0 Å². The molecular weight excluding hydrogens is 771 g/mol. The zero-order valence-corrected chi connectivity index (χ0v) is 34.7. The van der Waals surface area contributed by atoms with E-state index in [1.807, 2.05) is 11.3 Å². The first-order chi connectivity index (χ1) is 30.7. The molecule has 12 rings (SSSR count). The molecule has 0 atom stereocenters. The molecule has 3 nitrogen and oxygen atoms in total. The summed E-state index contributed by atoms with van der Waals surface area (Å²) in [5.41, 5.74) is 14.8. The second kappa shape index (κ2) is 14.9. The van der Waals surface area contributed by atoms with Gasteiger partial charge in [0.05, 0.1) is 5.41 Å². The monoisotopic (exact) mass is 809 g/mol. The van der Waals surface area contributed by atoms with Crippen LogP contribution in [0.15, 0.2) is 218 Å². The molecule has 0 unspecified atom stereocenters. The van der Waals surface area contributed by atoms with E-state index in [4.69, 9.17) is 15.0 Å². The lowest BCUT2D eigenvalue weighted by molar-refractivity contribution is 0.756. The highest BCUT2D eigenvalue weighted by Crippen LogP contribution is 2.58. The predicted molar refractivity (Wildman–Crippen MR) is 258 cm³/mol. The van der Waals surface area contributed by atoms with Crippen LogP contribution in [-0.2, 0) is 5.41 Å². The summed E-state index contributed by atoms with van der Waals surface area (Å²) in [6, 6.07) is 71.9. The second-order valence-corrected chi connectivity index (χ2v) is 17.2. The van der Waals surface area contributed by atoms with Crippen LogP contribution in [0.25, 0.3) is 82.2 Å². The molecule has 0 radical (unpaired) electrons. The van der Waals surface area contributed by atoms with Gasteiger partial charge in [-0.2, -0.15) is 0 Å². The number of thiophene rings is 1. The van der Waals surface area contributed by atoms with Crippen molar-refractivity contribution >= 4 is 37.1 Å². The fourth-order valence-electron chi connectivity index (χ4n) is 9.96. The maximum atomic E-state index is 5.44. The zero-order chi connectivity index (χ0) is 41.0. The zero-order valence-electron chi connectivity index (χ0n) is 33.9. The van der Waals surface area contributed by atoms with Crippen LogP contribution in [0.4, 0.5) is 0 Å². The molecule has 62 heavy (non-hydrogen) atoms. The predicted octanol–water partition coefficient (Wildman–Crippen LogP) is 15.0. The van der Waals surface area contributed by atoms with Gasteiger partial charge in [-0.3, -0.25) is 0 Å². The summed E-state index contributed by atoms with van der Waals surface area (Å²) >= 11 is 1.85. The maximum Gasteiger partial charge on any atom is 0.164 e. The van der Waals surface area contributed by atoms with Crippen LogP contribution < -0.4 is 0 Å². The van der Waals surface area contributed by atoms with Gasteiger partial charge in [-0.1, -0.05) is 200 Å². The minimum Gasteiger partial charge on any atom is -0.208 e. The van der Waals surface area contributed by atoms with Gasteiger partial charge in [-0.15, -0.1) is 11.3 Å².